The molecule has 0 unspecified atom stereocenters. The van der Waals surface area contributed by atoms with Crippen LogP contribution in [0.3, 0.4) is 0 Å². The fourth-order valence-electron chi connectivity index (χ4n) is 1.03. The van der Waals surface area contributed by atoms with Crippen LogP contribution in [0.25, 0.3) is 5.65 Å². The quantitative estimate of drug-likeness (QED) is 0.692. The highest BCUT2D eigenvalue weighted by Crippen LogP contribution is 2.15. The third-order valence-corrected chi connectivity index (χ3v) is 2.03. The predicted octanol–water partition coefficient (Wildman–Crippen LogP) is 1.94. The molecule has 2 aromatic rings. The number of hydrogen-bond donors (Lipinski definition) is 0. The summed E-state index contributed by atoms with van der Waals surface area (Å²) in [6, 6.07) is 1.36. The van der Waals surface area contributed by atoms with E-state index in [0.29, 0.717) is 10.3 Å². The maximum atomic E-state index is 13.1. The molecule has 0 atom stereocenters. The Hall–Kier alpha value is -0.970. The maximum Gasteiger partial charge on any atom is 0.196 e. The second-order valence-corrected chi connectivity index (χ2v) is 3.36. The zero-order valence-electron chi connectivity index (χ0n) is 6.25. The molecule has 2 rings (SSSR count). The van der Waals surface area contributed by atoms with Crippen LogP contribution in [0.15, 0.2) is 16.7 Å². The van der Waals surface area contributed by atoms with Gasteiger partial charge in [0.25, 0.3) is 0 Å². The fraction of sp³-hybridized carbons (Fsp3) is 0.143. The molecule has 0 saturated heterocycles. The lowest BCUT2D eigenvalue weighted by Crippen LogP contribution is -1.90. The minimum absolute atomic E-state index is 0.260. The molecule has 0 radical (unpaired) electrons. The lowest BCUT2D eigenvalue weighted by Gasteiger charge is -1.96. The van der Waals surface area contributed by atoms with E-state index in [1.165, 1.54) is 6.07 Å². The molecule has 12 heavy (non-hydrogen) atoms. The first-order valence-electron chi connectivity index (χ1n) is 3.35. The number of pyridine rings is 1. The number of halogens is 2. The van der Waals surface area contributed by atoms with Gasteiger partial charge in [0.1, 0.15) is 5.82 Å². The van der Waals surface area contributed by atoms with Crippen molar-refractivity contribution in [3.8, 4) is 0 Å². The van der Waals surface area contributed by atoms with E-state index in [0.717, 1.165) is 0 Å². The first-order valence-corrected chi connectivity index (χ1v) is 4.14. The largest absolute Gasteiger partial charge is 0.283 e. The molecule has 0 aliphatic carbocycles. The molecule has 5 heteroatoms. The van der Waals surface area contributed by atoms with Gasteiger partial charge in [-0.05, 0) is 28.9 Å². The van der Waals surface area contributed by atoms with Crippen molar-refractivity contribution in [2.75, 3.05) is 0 Å². The van der Waals surface area contributed by atoms with E-state index >= 15 is 0 Å². The van der Waals surface area contributed by atoms with Crippen LogP contribution < -0.4 is 0 Å². The summed E-state index contributed by atoms with van der Waals surface area (Å²) < 4.78 is 15.4. The zero-order chi connectivity index (χ0) is 8.72. The summed E-state index contributed by atoms with van der Waals surface area (Å²) in [5.41, 5.74) is 0.260. The molecule has 0 aromatic carbocycles. The summed E-state index contributed by atoms with van der Waals surface area (Å²) in [5, 5.41) is 7.43. The molecular formula is C7H5BrFN3. The van der Waals surface area contributed by atoms with Gasteiger partial charge < -0.3 is 0 Å². The standard InChI is InChI=1S/C7H5BrFN3/c1-4-10-11-7-6(9)2-5(8)3-12(4)7/h2-3H,1H3. The summed E-state index contributed by atoms with van der Waals surface area (Å²) in [6.07, 6.45) is 1.73. The molecule has 0 N–H and O–H groups in total. The van der Waals surface area contributed by atoms with Crippen molar-refractivity contribution in [2.45, 2.75) is 6.92 Å². The number of aromatic nitrogens is 3. The van der Waals surface area contributed by atoms with Crippen LogP contribution in [0.4, 0.5) is 4.39 Å². The van der Waals surface area contributed by atoms with E-state index in [1.54, 1.807) is 17.5 Å². The predicted molar refractivity (Wildman–Crippen MR) is 45.4 cm³/mol. The van der Waals surface area contributed by atoms with Gasteiger partial charge in [-0.2, -0.15) is 0 Å². The van der Waals surface area contributed by atoms with E-state index < -0.39 is 0 Å². The molecule has 0 spiro atoms. The lowest BCUT2D eigenvalue weighted by atomic mass is 10.4. The zero-order valence-corrected chi connectivity index (χ0v) is 7.84. The lowest BCUT2D eigenvalue weighted by molar-refractivity contribution is 0.628. The molecule has 62 valence electrons. The van der Waals surface area contributed by atoms with Crippen molar-refractivity contribution in [2.24, 2.45) is 0 Å². The Balaban J connectivity index is 2.92. The Morgan fingerprint density at radius 2 is 2.25 bits per heavy atom. The summed E-state index contributed by atoms with van der Waals surface area (Å²) in [4.78, 5) is 0. The van der Waals surface area contributed by atoms with Gasteiger partial charge in [-0.1, -0.05) is 0 Å². The minimum atomic E-state index is -0.370. The molecule has 2 heterocycles. The molecule has 2 aromatic heterocycles. The summed E-state index contributed by atoms with van der Waals surface area (Å²) in [7, 11) is 0. The van der Waals surface area contributed by atoms with E-state index in [4.69, 9.17) is 0 Å². The van der Waals surface area contributed by atoms with Crippen LogP contribution in [-0.4, -0.2) is 14.6 Å². The van der Waals surface area contributed by atoms with Gasteiger partial charge in [-0.15, -0.1) is 10.2 Å². The molecular weight excluding hydrogens is 225 g/mol. The normalized spacial score (nSPS) is 10.9. The van der Waals surface area contributed by atoms with E-state index in [-0.39, 0.29) is 11.5 Å². The van der Waals surface area contributed by atoms with Crippen LogP contribution in [-0.2, 0) is 0 Å². The molecule has 0 fully saturated rings. The van der Waals surface area contributed by atoms with Crippen molar-refractivity contribution >= 4 is 21.6 Å². The Kier molecular flexibility index (Phi) is 1.61. The highest BCUT2D eigenvalue weighted by atomic mass is 79.9. The van der Waals surface area contributed by atoms with Gasteiger partial charge in [0.05, 0.1) is 0 Å². The third kappa shape index (κ3) is 1.01. The van der Waals surface area contributed by atoms with E-state index in [1.807, 2.05) is 0 Å². The summed E-state index contributed by atoms with van der Waals surface area (Å²) >= 11 is 3.19. The van der Waals surface area contributed by atoms with Crippen LogP contribution in [0.5, 0.6) is 0 Å². The summed E-state index contributed by atoms with van der Waals surface area (Å²) in [6.45, 7) is 1.77. The van der Waals surface area contributed by atoms with Crippen molar-refractivity contribution in [1.29, 1.82) is 0 Å². The van der Waals surface area contributed by atoms with Gasteiger partial charge >= 0.3 is 0 Å². The topological polar surface area (TPSA) is 30.2 Å². The number of nitrogens with zero attached hydrogens (tertiary/aromatic N) is 3. The third-order valence-electron chi connectivity index (χ3n) is 1.60. The van der Waals surface area contributed by atoms with Gasteiger partial charge in [-0.3, -0.25) is 4.40 Å². The number of rotatable bonds is 0. The smallest absolute Gasteiger partial charge is 0.196 e. The van der Waals surface area contributed by atoms with Crippen LogP contribution in [0.2, 0.25) is 0 Å². The molecule has 0 amide bonds. The molecule has 3 nitrogen and oxygen atoms in total. The van der Waals surface area contributed by atoms with Gasteiger partial charge in [0.2, 0.25) is 0 Å². The first-order chi connectivity index (χ1) is 5.68. The maximum absolute atomic E-state index is 13.1. The van der Waals surface area contributed by atoms with Crippen LogP contribution in [0, 0.1) is 12.7 Å². The highest BCUT2D eigenvalue weighted by molar-refractivity contribution is 9.10. The first kappa shape index (κ1) is 7.67. The number of aryl methyl sites for hydroxylation is 1. The van der Waals surface area contributed by atoms with Gasteiger partial charge in [0.15, 0.2) is 11.5 Å². The second-order valence-electron chi connectivity index (χ2n) is 2.45. The van der Waals surface area contributed by atoms with Gasteiger partial charge in [0, 0.05) is 10.7 Å². The van der Waals surface area contributed by atoms with Crippen LogP contribution in [0.1, 0.15) is 5.82 Å². The Morgan fingerprint density at radius 1 is 1.50 bits per heavy atom. The average Bonchev–Trinajstić information content (AvgIpc) is 2.33. The molecule has 0 aliphatic rings. The average molecular weight is 230 g/mol. The highest BCUT2D eigenvalue weighted by Gasteiger charge is 2.06. The van der Waals surface area contributed by atoms with E-state index in [2.05, 4.69) is 26.1 Å². The SMILES string of the molecule is Cc1nnc2c(F)cc(Br)cn12. The Morgan fingerprint density at radius 3 is 3.00 bits per heavy atom. The minimum Gasteiger partial charge on any atom is -0.283 e. The molecule has 0 aliphatic heterocycles. The van der Waals surface area contributed by atoms with Crippen molar-refractivity contribution < 1.29 is 4.39 Å². The van der Waals surface area contributed by atoms with Crippen molar-refractivity contribution in [3.05, 3.63) is 28.4 Å². The monoisotopic (exact) mass is 229 g/mol. The van der Waals surface area contributed by atoms with Crippen LogP contribution >= 0.6 is 15.9 Å². The van der Waals surface area contributed by atoms with E-state index in [9.17, 15) is 4.39 Å². The van der Waals surface area contributed by atoms with Crippen molar-refractivity contribution in [1.82, 2.24) is 14.6 Å². The Labute approximate surface area is 76.4 Å². The number of fused-ring (bicyclic) bond motifs is 1. The second kappa shape index (κ2) is 2.52. The number of hydrogen-bond acceptors (Lipinski definition) is 2. The van der Waals surface area contributed by atoms with Crippen molar-refractivity contribution in [3.63, 3.8) is 0 Å². The fourth-order valence-corrected chi connectivity index (χ4v) is 1.44. The molecule has 0 bridgehead atoms. The summed E-state index contributed by atoms with van der Waals surface area (Å²) in [5.74, 6) is 0.301. The Bertz CT molecular complexity index is 437. The van der Waals surface area contributed by atoms with Gasteiger partial charge in [-0.25, -0.2) is 4.39 Å². The molecule has 0 saturated carbocycles.